The van der Waals surface area contributed by atoms with E-state index in [1.165, 1.54) is 12.1 Å². The monoisotopic (exact) mass is 283 g/mol. The number of hydrogen-bond donors (Lipinski definition) is 1. The van der Waals surface area contributed by atoms with Gasteiger partial charge in [-0.1, -0.05) is 26.8 Å². The molecular formula is C17H27F2N. The summed E-state index contributed by atoms with van der Waals surface area (Å²) < 4.78 is 26.3. The van der Waals surface area contributed by atoms with Gasteiger partial charge in [0, 0.05) is 5.54 Å². The molecule has 0 spiro atoms. The lowest BCUT2D eigenvalue weighted by molar-refractivity contribution is 0.214. The molecule has 0 saturated heterocycles. The summed E-state index contributed by atoms with van der Waals surface area (Å²) in [5.74, 6) is -1.19. The van der Waals surface area contributed by atoms with E-state index in [2.05, 4.69) is 46.9 Å². The van der Waals surface area contributed by atoms with Crippen LogP contribution in [0.1, 0.15) is 47.1 Å². The lowest BCUT2D eigenvalue weighted by Crippen LogP contribution is -2.42. The first-order chi connectivity index (χ1) is 8.99. The van der Waals surface area contributed by atoms with Gasteiger partial charge in [-0.25, -0.2) is 8.78 Å². The van der Waals surface area contributed by atoms with E-state index in [-0.39, 0.29) is 11.0 Å². The predicted molar refractivity (Wildman–Crippen MR) is 80.8 cm³/mol. The lowest BCUT2D eigenvalue weighted by atomic mass is 9.77. The van der Waals surface area contributed by atoms with Gasteiger partial charge in [0.15, 0.2) is 11.6 Å². The van der Waals surface area contributed by atoms with E-state index in [0.717, 1.165) is 18.5 Å². The Hall–Kier alpha value is -0.960. The van der Waals surface area contributed by atoms with E-state index in [1.807, 2.05) is 0 Å². The molecule has 1 aromatic carbocycles. The minimum atomic E-state index is -0.783. The summed E-state index contributed by atoms with van der Waals surface area (Å²) in [6, 6.07) is 4.20. The highest BCUT2D eigenvalue weighted by atomic mass is 19.2. The number of rotatable bonds is 4. The van der Waals surface area contributed by atoms with Crippen molar-refractivity contribution in [2.75, 3.05) is 6.54 Å². The summed E-state index contributed by atoms with van der Waals surface area (Å²) >= 11 is 0. The van der Waals surface area contributed by atoms with Crippen LogP contribution in [0.4, 0.5) is 8.78 Å². The van der Waals surface area contributed by atoms with E-state index in [0.29, 0.717) is 5.92 Å². The van der Waals surface area contributed by atoms with Gasteiger partial charge in [0.2, 0.25) is 0 Å². The molecule has 0 saturated carbocycles. The highest BCUT2D eigenvalue weighted by Crippen LogP contribution is 2.29. The van der Waals surface area contributed by atoms with Crippen molar-refractivity contribution in [3.63, 3.8) is 0 Å². The van der Waals surface area contributed by atoms with Gasteiger partial charge >= 0.3 is 0 Å². The molecule has 1 unspecified atom stereocenters. The lowest BCUT2D eigenvalue weighted by Gasteiger charge is -2.34. The van der Waals surface area contributed by atoms with Gasteiger partial charge < -0.3 is 5.32 Å². The second-order valence-electron chi connectivity index (χ2n) is 7.65. The van der Waals surface area contributed by atoms with Crippen molar-refractivity contribution in [1.82, 2.24) is 5.32 Å². The Morgan fingerprint density at radius 2 is 1.60 bits per heavy atom. The van der Waals surface area contributed by atoms with E-state index in [9.17, 15) is 8.78 Å². The maximum Gasteiger partial charge on any atom is 0.159 e. The van der Waals surface area contributed by atoms with Crippen LogP contribution in [0.25, 0.3) is 0 Å². The molecule has 3 heteroatoms. The Bertz CT molecular complexity index is 441. The van der Waals surface area contributed by atoms with Crippen molar-refractivity contribution in [3.8, 4) is 0 Å². The summed E-state index contributed by atoms with van der Waals surface area (Å²) in [6.45, 7) is 13.8. The van der Waals surface area contributed by atoms with E-state index in [4.69, 9.17) is 0 Å². The zero-order chi connectivity index (χ0) is 15.6. The Balaban J connectivity index is 2.82. The summed E-state index contributed by atoms with van der Waals surface area (Å²) in [6.07, 6.45) is 0.740. The molecule has 1 rings (SSSR count). The zero-order valence-electron chi connectivity index (χ0n) is 13.5. The fraction of sp³-hybridized carbons (Fsp3) is 0.647. The van der Waals surface area contributed by atoms with Gasteiger partial charge in [-0.15, -0.1) is 0 Å². The standard InChI is InChI=1S/C17H27F2N/c1-16(2,3)13(11-20-17(4,5)6)9-12-7-8-14(18)15(19)10-12/h7-8,10,13,20H,9,11H2,1-6H3. The van der Waals surface area contributed by atoms with Gasteiger partial charge in [-0.2, -0.15) is 0 Å². The van der Waals surface area contributed by atoms with Gasteiger partial charge in [-0.3, -0.25) is 0 Å². The molecule has 0 amide bonds. The Morgan fingerprint density at radius 1 is 1.00 bits per heavy atom. The van der Waals surface area contributed by atoms with Crippen molar-refractivity contribution >= 4 is 0 Å². The predicted octanol–water partition coefficient (Wildman–Crippen LogP) is 4.56. The first kappa shape index (κ1) is 17.1. The average molecular weight is 283 g/mol. The molecule has 114 valence electrons. The quantitative estimate of drug-likeness (QED) is 0.854. The molecule has 0 aromatic heterocycles. The molecule has 1 nitrogen and oxygen atoms in total. The number of halogens is 2. The fourth-order valence-electron chi connectivity index (χ4n) is 2.07. The van der Waals surface area contributed by atoms with Crippen LogP contribution in [0.15, 0.2) is 18.2 Å². The molecular weight excluding hydrogens is 256 g/mol. The van der Waals surface area contributed by atoms with Crippen LogP contribution >= 0.6 is 0 Å². The minimum Gasteiger partial charge on any atom is -0.312 e. The molecule has 1 atom stereocenters. The molecule has 1 aromatic rings. The van der Waals surface area contributed by atoms with Crippen molar-refractivity contribution in [3.05, 3.63) is 35.4 Å². The smallest absolute Gasteiger partial charge is 0.159 e. The SMILES string of the molecule is CC(C)(C)NCC(Cc1ccc(F)c(F)c1)C(C)(C)C. The number of hydrogen-bond acceptors (Lipinski definition) is 1. The molecule has 20 heavy (non-hydrogen) atoms. The van der Waals surface area contributed by atoms with Crippen molar-refractivity contribution in [2.45, 2.75) is 53.5 Å². The molecule has 0 fully saturated rings. The van der Waals surface area contributed by atoms with Crippen molar-refractivity contribution in [1.29, 1.82) is 0 Å². The highest BCUT2D eigenvalue weighted by Gasteiger charge is 2.26. The van der Waals surface area contributed by atoms with Crippen LogP contribution in [-0.2, 0) is 6.42 Å². The first-order valence-corrected chi connectivity index (χ1v) is 7.18. The molecule has 0 aliphatic rings. The van der Waals surface area contributed by atoms with Gasteiger partial charge in [0.25, 0.3) is 0 Å². The molecule has 0 bridgehead atoms. The third-order valence-corrected chi connectivity index (χ3v) is 3.57. The summed E-state index contributed by atoms with van der Waals surface area (Å²) in [5.41, 5.74) is 1.00. The Labute approximate surface area is 121 Å². The van der Waals surface area contributed by atoms with Gasteiger partial charge in [0.1, 0.15) is 0 Å². The fourth-order valence-corrected chi connectivity index (χ4v) is 2.07. The number of benzene rings is 1. The van der Waals surface area contributed by atoms with Crippen LogP contribution in [0.3, 0.4) is 0 Å². The normalized spacial score (nSPS) is 14.4. The van der Waals surface area contributed by atoms with Gasteiger partial charge in [0.05, 0.1) is 0 Å². The second kappa shape index (κ2) is 6.21. The largest absolute Gasteiger partial charge is 0.312 e. The molecule has 0 aliphatic carbocycles. The summed E-state index contributed by atoms with van der Waals surface area (Å²) in [4.78, 5) is 0. The average Bonchev–Trinajstić information content (AvgIpc) is 2.26. The highest BCUT2D eigenvalue weighted by molar-refractivity contribution is 5.18. The van der Waals surface area contributed by atoms with E-state index >= 15 is 0 Å². The molecule has 0 radical (unpaired) electrons. The summed E-state index contributed by atoms with van der Waals surface area (Å²) in [5, 5.41) is 3.51. The van der Waals surface area contributed by atoms with Crippen molar-refractivity contribution < 1.29 is 8.78 Å². The zero-order valence-corrected chi connectivity index (χ0v) is 13.5. The third kappa shape index (κ3) is 5.58. The Kier molecular flexibility index (Phi) is 5.31. The maximum atomic E-state index is 13.3. The topological polar surface area (TPSA) is 12.0 Å². The molecule has 1 N–H and O–H groups in total. The second-order valence-corrected chi connectivity index (χ2v) is 7.65. The van der Waals surface area contributed by atoms with E-state index in [1.54, 1.807) is 6.07 Å². The van der Waals surface area contributed by atoms with E-state index < -0.39 is 11.6 Å². The first-order valence-electron chi connectivity index (χ1n) is 7.18. The third-order valence-electron chi connectivity index (χ3n) is 3.57. The van der Waals surface area contributed by atoms with Crippen molar-refractivity contribution in [2.24, 2.45) is 11.3 Å². The van der Waals surface area contributed by atoms with Crippen LogP contribution in [0.2, 0.25) is 0 Å². The van der Waals surface area contributed by atoms with Crippen LogP contribution in [0.5, 0.6) is 0 Å². The maximum absolute atomic E-state index is 13.3. The number of nitrogens with one attached hydrogen (secondary N) is 1. The minimum absolute atomic E-state index is 0.0531. The van der Waals surface area contributed by atoms with Crippen LogP contribution in [-0.4, -0.2) is 12.1 Å². The van der Waals surface area contributed by atoms with Crippen LogP contribution < -0.4 is 5.32 Å². The molecule has 0 heterocycles. The van der Waals surface area contributed by atoms with Gasteiger partial charge in [-0.05, 0) is 62.8 Å². The summed E-state index contributed by atoms with van der Waals surface area (Å²) in [7, 11) is 0. The molecule has 0 aliphatic heterocycles. The van der Waals surface area contributed by atoms with Crippen LogP contribution in [0, 0.1) is 23.0 Å². The Morgan fingerprint density at radius 3 is 2.05 bits per heavy atom.